The van der Waals surface area contributed by atoms with Gasteiger partial charge in [-0.1, -0.05) is 34.1 Å². The van der Waals surface area contributed by atoms with Crippen LogP contribution in [-0.4, -0.2) is 30.3 Å². The molecule has 0 spiro atoms. The summed E-state index contributed by atoms with van der Waals surface area (Å²) in [6, 6.07) is 0. The van der Waals surface area contributed by atoms with Gasteiger partial charge in [-0.2, -0.15) is 0 Å². The van der Waals surface area contributed by atoms with Crippen LogP contribution in [0.2, 0.25) is 0 Å². The Balaban J connectivity index is 1.85. The Morgan fingerprint density at radius 3 is 2.50 bits per heavy atom. The van der Waals surface area contributed by atoms with Crippen LogP contribution < -0.4 is 0 Å². The molecule has 2 rings (SSSR count). The van der Waals surface area contributed by atoms with Crippen LogP contribution in [0, 0.1) is 23.2 Å². The molecule has 0 radical (unpaired) electrons. The molecule has 2 heteroatoms. The molecule has 1 heterocycles. The Hall–Kier alpha value is -0.370. The van der Waals surface area contributed by atoms with Gasteiger partial charge in [0.25, 0.3) is 0 Å². The van der Waals surface area contributed by atoms with Crippen LogP contribution in [0.5, 0.6) is 0 Å². The Labute approximate surface area is 125 Å². The summed E-state index contributed by atoms with van der Waals surface area (Å²) in [5.41, 5.74) is 0.549. The molecule has 0 amide bonds. The highest BCUT2D eigenvalue weighted by Crippen LogP contribution is 2.36. The van der Waals surface area contributed by atoms with Gasteiger partial charge in [-0.3, -0.25) is 4.79 Å². The number of carbonyl (C=O) groups excluding carboxylic acids is 1. The Kier molecular flexibility index (Phi) is 5.28. The van der Waals surface area contributed by atoms with E-state index in [-0.39, 0.29) is 0 Å². The monoisotopic (exact) mass is 279 g/mol. The molecule has 2 unspecified atom stereocenters. The molecule has 0 bridgehead atoms. The zero-order valence-electron chi connectivity index (χ0n) is 14.0. The van der Waals surface area contributed by atoms with Crippen LogP contribution in [-0.2, 0) is 4.79 Å². The third-order valence-corrected chi connectivity index (χ3v) is 6.14. The summed E-state index contributed by atoms with van der Waals surface area (Å²) in [5, 5.41) is 0. The smallest absolute Gasteiger partial charge is 0.137 e. The van der Waals surface area contributed by atoms with Crippen molar-refractivity contribution in [2.45, 2.75) is 66.2 Å². The van der Waals surface area contributed by atoms with E-state index in [0.717, 1.165) is 37.6 Å². The van der Waals surface area contributed by atoms with E-state index in [1.54, 1.807) is 0 Å². The van der Waals surface area contributed by atoms with Crippen LogP contribution in [0.25, 0.3) is 0 Å². The lowest BCUT2D eigenvalue weighted by Crippen LogP contribution is -2.43. The highest BCUT2D eigenvalue weighted by molar-refractivity contribution is 5.82. The molecule has 0 aromatic carbocycles. The fourth-order valence-electron chi connectivity index (χ4n) is 3.87. The van der Waals surface area contributed by atoms with Crippen molar-refractivity contribution in [3.63, 3.8) is 0 Å². The number of likely N-dealkylation sites (tertiary alicyclic amines) is 1. The maximum atomic E-state index is 12.2. The predicted molar refractivity (Wildman–Crippen MR) is 84.7 cm³/mol. The van der Waals surface area contributed by atoms with Gasteiger partial charge in [0.1, 0.15) is 5.78 Å². The molecule has 1 aliphatic heterocycles. The van der Waals surface area contributed by atoms with E-state index >= 15 is 0 Å². The molecule has 0 aromatic rings. The summed E-state index contributed by atoms with van der Waals surface area (Å²) in [6.45, 7) is 12.8. The fraction of sp³-hybridized carbons (Fsp3) is 0.944. The van der Waals surface area contributed by atoms with Gasteiger partial charge >= 0.3 is 0 Å². The van der Waals surface area contributed by atoms with Crippen molar-refractivity contribution < 1.29 is 4.79 Å². The van der Waals surface area contributed by atoms with Crippen molar-refractivity contribution in [3.8, 4) is 0 Å². The van der Waals surface area contributed by atoms with E-state index in [4.69, 9.17) is 0 Å². The second kappa shape index (κ2) is 6.60. The summed E-state index contributed by atoms with van der Waals surface area (Å²) >= 11 is 0. The van der Waals surface area contributed by atoms with Gasteiger partial charge in [-0.25, -0.2) is 0 Å². The van der Waals surface area contributed by atoms with E-state index in [2.05, 4.69) is 32.6 Å². The molecule has 2 fully saturated rings. The number of hydrogen-bond donors (Lipinski definition) is 0. The van der Waals surface area contributed by atoms with Crippen molar-refractivity contribution in [3.05, 3.63) is 0 Å². The fourth-order valence-corrected chi connectivity index (χ4v) is 3.87. The lowest BCUT2D eigenvalue weighted by atomic mass is 9.74. The van der Waals surface area contributed by atoms with Gasteiger partial charge in [-0.15, -0.1) is 0 Å². The minimum atomic E-state index is 0.321. The molecular formula is C18H33NO. The number of ketones is 1. The minimum Gasteiger partial charge on any atom is -0.303 e. The van der Waals surface area contributed by atoms with Gasteiger partial charge in [0.2, 0.25) is 0 Å². The SMILES string of the molecule is CCC1(C)CCN(CC2CC(C(C)C)CCC2=O)CC1. The highest BCUT2D eigenvalue weighted by Gasteiger charge is 2.34. The number of nitrogens with zero attached hydrogens (tertiary/aromatic N) is 1. The van der Waals surface area contributed by atoms with Gasteiger partial charge in [0.15, 0.2) is 0 Å². The standard InChI is InChI=1S/C18H33NO/c1-5-18(4)8-10-19(11-9-18)13-16-12-15(14(2)3)6-7-17(16)20/h14-16H,5-13H2,1-4H3. The molecule has 2 aliphatic rings. The first kappa shape index (κ1) is 16.0. The molecule has 116 valence electrons. The number of Topliss-reactive ketones (excluding diaryl/α,β-unsaturated/α-hetero) is 1. The van der Waals surface area contributed by atoms with E-state index < -0.39 is 0 Å². The Morgan fingerprint density at radius 2 is 1.95 bits per heavy atom. The molecule has 0 N–H and O–H groups in total. The summed E-state index contributed by atoms with van der Waals surface area (Å²) < 4.78 is 0. The Bertz CT molecular complexity index is 328. The zero-order chi connectivity index (χ0) is 14.8. The van der Waals surface area contributed by atoms with Crippen LogP contribution in [0.3, 0.4) is 0 Å². The molecule has 1 saturated carbocycles. The summed E-state index contributed by atoms with van der Waals surface area (Å²) in [7, 11) is 0. The molecule has 1 saturated heterocycles. The third kappa shape index (κ3) is 3.84. The Morgan fingerprint density at radius 1 is 1.30 bits per heavy atom. The molecule has 20 heavy (non-hydrogen) atoms. The molecule has 2 nitrogen and oxygen atoms in total. The normalized spacial score (nSPS) is 31.8. The first-order chi connectivity index (χ1) is 9.43. The van der Waals surface area contributed by atoms with Crippen LogP contribution in [0.1, 0.15) is 66.2 Å². The number of carbonyl (C=O) groups is 1. The van der Waals surface area contributed by atoms with Crippen molar-refractivity contribution in [1.29, 1.82) is 0 Å². The van der Waals surface area contributed by atoms with Gasteiger partial charge in [0, 0.05) is 18.9 Å². The largest absolute Gasteiger partial charge is 0.303 e. The average Bonchev–Trinajstić information content (AvgIpc) is 2.43. The molecular weight excluding hydrogens is 246 g/mol. The number of piperidine rings is 1. The van der Waals surface area contributed by atoms with Gasteiger partial charge in [0.05, 0.1) is 0 Å². The summed E-state index contributed by atoms with van der Waals surface area (Å²) in [6.07, 6.45) is 6.99. The second-order valence-electron chi connectivity index (χ2n) is 7.91. The van der Waals surface area contributed by atoms with Crippen LogP contribution in [0.15, 0.2) is 0 Å². The summed E-state index contributed by atoms with van der Waals surface area (Å²) in [5.74, 6) is 2.35. The first-order valence-corrected chi connectivity index (χ1v) is 8.68. The second-order valence-corrected chi connectivity index (χ2v) is 7.91. The zero-order valence-corrected chi connectivity index (χ0v) is 14.0. The van der Waals surface area contributed by atoms with Crippen LogP contribution in [0.4, 0.5) is 0 Å². The maximum Gasteiger partial charge on any atom is 0.137 e. The van der Waals surface area contributed by atoms with Crippen molar-refractivity contribution >= 4 is 5.78 Å². The van der Waals surface area contributed by atoms with E-state index in [1.807, 2.05) is 0 Å². The minimum absolute atomic E-state index is 0.321. The van der Waals surface area contributed by atoms with Gasteiger partial charge in [-0.05, 0) is 56.0 Å². The summed E-state index contributed by atoms with van der Waals surface area (Å²) in [4.78, 5) is 14.8. The third-order valence-electron chi connectivity index (χ3n) is 6.14. The predicted octanol–water partition coefficient (Wildman–Crippen LogP) is 4.14. The van der Waals surface area contributed by atoms with E-state index in [1.165, 1.54) is 32.4 Å². The van der Waals surface area contributed by atoms with Gasteiger partial charge < -0.3 is 4.90 Å². The van der Waals surface area contributed by atoms with Crippen molar-refractivity contribution in [2.24, 2.45) is 23.2 Å². The quantitative estimate of drug-likeness (QED) is 0.771. The topological polar surface area (TPSA) is 20.3 Å². The lowest BCUT2D eigenvalue weighted by Gasteiger charge is -2.41. The average molecular weight is 279 g/mol. The highest BCUT2D eigenvalue weighted by atomic mass is 16.1. The van der Waals surface area contributed by atoms with E-state index in [0.29, 0.717) is 17.1 Å². The maximum absolute atomic E-state index is 12.2. The molecule has 0 aromatic heterocycles. The number of hydrogen-bond acceptors (Lipinski definition) is 2. The number of rotatable bonds is 4. The van der Waals surface area contributed by atoms with Crippen molar-refractivity contribution in [1.82, 2.24) is 4.90 Å². The van der Waals surface area contributed by atoms with Crippen molar-refractivity contribution in [2.75, 3.05) is 19.6 Å². The molecule has 1 aliphatic carbocycles. The van der Waals surface area contributed by atoms with Crippen LogP contribution >= 0.6 is 0 Å². The first-order valence-electron chi connectivity index (χ1n) is 8.68. The van der Waals surface area contributed by atoms with E-state index in [9.17, 15) is 4.79 Å². The molecule has 2 atom stereocenters. The lowest BCUT2D eigenvalue weighted by molar-refractivity contribution is -0.127.